The van der Waals surface area contributed by atoms with Gasteiger partial charge in [0.15, 0.2) is 0 Å². The molecule has 1 aromatic carbocycles. The van der Waals surface area contributed by atoms with Crippen LogP contribution in [0.15, 0.2) is 29.8 Å². The maximum absolute atomic E-state index is 11.9. The molecule has 0 aliphatic rings. The first-order chi connectivity index (χ1) is 9.96. The van der Waals surface area contributed by atoms with Gasteiger partial charge in [-0.3, -0.25) is 9.59 Å². The SMILES string of the molecule is CC[C@@H](C)NC(=O)/C(C#N)=C/c1ccc(OC(C)=O)cc1. The first kappa shape index (κ1) is 16.4. The summed E-state index contributed by atoms with van der Waals surface area (Å²) < 4.78 is 4.91. The molecular formula is C16H18N2O3. The Balaban J connectivity index is 2.86. The molecule has 110 valence electrons. The molecule has 0 aliphatic heterocycles. The van der Waals surface area contributed by atoms with E-state index < -0.39 is 11.9 Å². The predicted molar refractivity (Wildman–Crippen MR) is 79.2 cm³/mol. The van der Waals surface area contributed by atoms with Crippen molar-refractivity contribution in [2.45, 2.75) is 33.2 Å². The molecule has 0 heterocycles. The van der Waals surface area contributed by atoms with Gasteiger partial charge in [-0.1, -0.05) is 19.1 Å². The Hall–Kier alpha value is -2.61. The van der Waals surface area contributed by atoms with Crippen LogP contribution in [0.5, 0.6) is 5.75 Å². The lowest BCUT2D eigenvalue weighted by Gasteiger charge is -2.10. The minimum absolute atomic E-state index is 0.0144. The molecule has 0 bridgehead atoms. The summed E-state index contributed by atoms with van der Waals surface area (Å²) in [5.41, 5.74) is 0.720. The lowest BCUT2D eigenvalue weighted by molar-refractivity contribution is -0.131. The molecule has 0 radical (unpaired) electrons. The van der Waals surface area contributed by atoms with Gasteiger partial charge in [0.25, 0.3) is 5.91 Å². The summed E-state index contributed by atoms with van der Waals surface area (Å²) in [6.07, 6.45) is 2.29. The molecule has 5 nitrogen and oxygen atoms in total. The van der Waals surface area contributed by atoms with Crippen LogP contribution < -0.4 is 10.1 Å². The van der Waals surface area contributed by atoms with E-state index in [1.807, 2.05) is 19.9 Å². The van der Waals surface area contributed by atoms with Crippen molar-refractivity contribution in [1.29, 1.82) is 5.26 Å². The molecule has 1 N–H and O–H groups in total. The summed E-state index contributed by atoms with van der Waals surface area (Å²) in [4.78, 5) is 22.7. The highest BCUT2D eigenvalue weighted by Crippen LogP contribution is 2.15. The first-order valence-corrected chi connectivity index (χ1v) is 6.67. The summed E-state index contributed by atoms with van der Waals surface area (Å²) in [7, 11) is 0. The number of amides is 1. The topological polar surface area (TPSA) is 79.2 Å². The molecule has 0 fully saturated rings. The van der Waals surface area contributed by atoms with Gasteiger partial charge in [0.1, 0.15) is 17.4 Å². The van der Waals surface area contributed by atoms with Crippen LogP contribution in [0.1, 0.15) is 32.8 Å². The van der Waals surface area contributed by atoms with Crippen LogP contribution in [-0.2, 0) is 9.59 Å². The Morgan fingerprint density at radius 1 is 1.38 bits per heavy atom. The van der Waals surface area contributed by atoms with Crippen molar-refractivity contribution in [3.8, 4) is 11.8 Å². The standard InChI is InChI=1S/C16H18N2O3/c1-4-11(2)18-16(20)14(10-17)9-13-5-7-15(8-6-13)21-12(3)19/h5-9,11H,4H2,1-3H3,(H,18,20)/b14-9+/t11-/m1/s1. The highest BCUT2D eigenvalue weighted by atomic mass is 16.5. The second-order valence-corrected chi connectivity index (χ2v) is 4.62. The number of hydrogen-bond donors (Lipinski definition) is 1. The van der Waals surface area contributed by atoms with Gasteiger partial charge < -0.3 is 10.1 Å². The Morgan fingerprint density at radius 2 is 2.00 bits per heavy atom. The second-order valence-electron chi connectivity index (χ2n) is 4.62. The minimum Gasteiger partial charge on any atom is -0.427 e. The summed E-state index contributed by atoms with van der Waals surface area (Å²) in [6, 6.07) is 8.46. The third kappa shape index (κ3) is 5.49. The van der Waals surface area contributed by atoms with Crippen LogP contribution >= 0.6 is 0 Å². The van der Waals surface area contributed by atoms with Gasteiger partial charge in [-0.25, -0.2) is 0 Å². The van der Waals surface area contributed by atoms with Gasteiger partial charge in [0.05, 0.1) is 0 Å². The van der Waals surface area contributed by atoms with E-state index in [4.69, 9.17) is 10.00 Å². The Labute approximate surface area is 124 Å². The average Bonchev–Trinajstić information content (AvgIpc) is 2.45. The zero-order chi connectivity index (χ0) is 15.8. The molecule has 1 rings (SSSR count). The van der Waals surface area contributed by atoms with Gasteiger partial charge in [-0.2, -0.15) is 5.26 Å². The first-order valence-electron chi connectivity index (χ1n) is 6.67. The molecular weight excluding hydrogens is 268 g/mol. The number of nitrogens with zero attached hydrogens (tertiary/aromatic N) is 1. The third-order valence-corrected chi connectivity index (χ3v) is 2.81. The summed E-state index contributed by atoms with van der Waals surface area (Å²) in [5.74, 6) is -0.373. The number of nitriles is 1. The molecule has 1 amide bonds. The molecule has 0 spiro atoms. The van der Waals surface area contributed by atoms with Crippen molar-refractivity contribution in [1.82, 2.24) is 5.32 Å². The fraction of sp³-hybridized carbons (Fsp3) is 0.312. The molecule has 0 unspecified atom stereocenters. The molecule has 21 heavy (non-hydrogen) atoms. The van der Waals surface area contributed by atoms with Crippen molar-refractivity contribution < 1.29 is 14.3 Å². The van der Waals surface area contributed by atoms with Crippen LogP contribution in [0.25, 0.3) is 6.08 Å². The minimum atomic E-state index is -0.399. The maximum Gasteiger partial charge on any atom is 0.308 e. The molecule has 0 saturated carbocycles. The van der Waals surface area contributed by atoms with Gasteiger partial charge in [0, 0.05) is 13.0 Å². The summed E-state index contributed by atoms with van der Waals surface area (Å²) in [5, 5.41) is 11.8. The van der Waals surface area contributed by atoms with Crippen LogP contribution in [-0.4, -0.2) is 17.9 Å². The smallest absolute Gasteiger partial charge is 0.308 e. The van der Waals surface area contributed by atoms with Crippen LogP contribution in [0.2, 0.25) is 0 Å². The normalized spacial score (nSPS) is 12.2. The number of carbonyl (C=O) groups is 2. The van der Waals surface area contributed by atoms with Crippen molar-refractivity contribution in [3.63, 3.8) is 0 Å². The summed E-state index contributed by atoms with van der Waals surface area (Å²) >= 11 is 0. The van der Waals surface area contributed by atoms with E-state index in [9.17, 15) is 9.59 Å². The number of carbonyl (C=O) groups excluding carboxylic acids is 2. The van der Waals surface area contributed by atoms with Crippen LogP contribution in [0.4, 0.5) is 0 Å². The van der Waals surface area contributed by atoms with E-state index in [2.05, 4.69) is 5.32 Å². The van der Waals surface area contributed by atoms with E-state index in [0.29, 0.717) is 11.3 Å². The molecule has 0 saturated heterocycles. The van der Waals surface area contributed by atoms with E-state index in [-0.39, 0.29) is 11.6 Å². The Kier molecular flexibility index (Phi) is 6.15. The fourth-order valence-electron chi connectivity index (χ4n) is 1.52. The maximum atomic E-state index is 11.9. The van der Waals surface area contributed by atoms with Gasteiger partial charge in [-0.05, 0) is 37.1 Å². The zero-order valence-corrected chi connectivity index (χ0v) is 12.3. The van der Waals surface area contributed by atoms with Crippen molar-refractivity contribution in [2.75, 3.05) is 0 Å². The highest BCUT2D eigenvalue weighted by molar-refractivity contribution is 6.01. The van der Waals surface area contributed by atoms with E-state index in [0.717, 1.165) is 6.42 Å². The number of nitrogens with one attached hydrogen (secondary N) is 1. The van der Waals surface area contributed by atoms with Crippen molar-refractivity contribution in [3.05, 3.63) is 35.4 Å². The second kappa shape index (κ2) is 7.85. The average molecular weight is 286 g/mol. The Morgan fingerprint density at radius 3 is 2.48 bits per heavy atom. The molecule has 1 aromatic rings. The number of ether oxygens (including phenoxy) is 1. The van der Waals surface area contributed by atoms with Crippen LogP contribution in [0, 0.1) is 11.3 Å². The molecule has 5 heteroatoms. The van der Waals surface area contributed by atoms with E-state index >= 15 is 0 Å². The highest BCUT2D eigenvalue weighted by Gasteiger charge is 2.11. The van der Waals surface area contributed by atoms with Crippen LogP contribution in [0.3, 0.4) is 0 Å². The zero-order valence-electron chi connectivity index (χ0n) is 12.3. The predicted octanol–water partition coefficient (Wildman–Crippen LogP) is 2.43. The molecule has 0 aromatic heterocycles. The Bertz CT molecular complexity index is 583. The van der Waals surface area contributed by atoms with E-state index in [1.165, 1.54) is 13.0 Å². The molecule has 1 atom stereocenters. The van der Waals surface area contributed by atoms with Crippen molar-refractivity contribution in [2.24, 2.45) is 0 Å². The third-order valence-electron chi connectivity index (χ3n) is 2.81. The fourth-order valence-corrected chi connectivity index (χ4v) is 1.52. The molecule has 0 aliphatic carbocycles. The quantitative estimate of drug-likeness (QED) is 0.390. The van der Waals surface area contributed by atoms with Crippen molar-refractivity contribution >= 4 is 18.0 Å². The number of rotatable bonds is 5. The van der Waals surface area contributed by atoms with Gasteiger partial charge >= 0.3 is 5.97 Å². The number of hydrogen-bond acceptors (Lipinski definition) is 4. The number of esters is 1. The lowest BCUT2D eigenvalue weighted by atomic mass is 10.1. The number of benzene rings is 1. The lowest BCUT2D eigenvalue weighted by Crippen LogP contribution is -2.32. The monoisotopic (exact) mass is 286 g/mol. The summed E-state index contributed by atoms with van der Waals surface area (Å²) in [6.45, 7) is 5.15. The van der Waals surface area contributed by atoms with Gasteiger partial charge in [-0.15, -0.1) is 0 Å². The van der Waals surface area contributed by atoms with E-state index in [1.54, 1.807) is 24.3 Å². The van der Waals surface area contributed by atoms with Gasteiger partial charge in [0.2, 0.25) is 0 Å². The largest absolute Gasteiger partial charge is 0.427 e.